The van der Waals surface area contributed by atoms with E-state index in [4.69, 9.17) is 0 Å². The molecule has 2 aromatic carbocycles. The quantitative estimate of drug-likeness (QED) is 0.574. The van der Waals surface area contributed by atoms with Crippen LogP contribution in [0.5, 0.6) is 0 Å². The molecule has 1 saturated heterocycles. The fraction of sp³-hybridized carbons (Fsp3) is 0.167. The van der Waals surface area contributed by atoms with Crippen molar-refractivity contribution in [2.45, 2.75) is 12.8 Å². The first-order valence-electron chi connectivity index (χ1n) is 7.51. The Labute approximate surface area is 153 Å². The van der Waals surface area contributed by atoms with Crippen LogP contribution in [0.3, 0.4) is 0 Å². The van der Waals surface area contributed by atoms with E-state index in [1.807, 2.05) is 30.3 Å². The normalized spacial score (nSPS) is 16.8. The molecule has 1 aliphatic heterocycles. The van der Waals surface area contributed by atoms with Crippen molar-refractivity contribution in [3.63, 3.8) is 0 Å². The lowest BCUT2D eigenvalue weighted by Gasteiger charge is -2.09. The smallest absolute Gasteiger partial charge is 0.256 e. The van der Waals surface area contributed by atoms with Crippen LogP contribution in [0.4, 0.5) is 5.69 Å². The van der Waals surface area contributed by atoms with Crippen LogP contribution in [0.2, 0.25) is 0 Å². The molecule has 0 saturated carbocycles. The van der Waals surface area contributed by atoms with E-state index in [1.54, 1.807) is 18.2 Å². The van der Waals surface area contributed by atoms with Crippen LogP contribution in [-0.2, 0) is 16.0 Å². The van der Waals surface area contributed by atoms with Gasteiger partial charge in [0.2, 0.25) is 11.8 Å². The Bertz CT molecular complexity index is 802. The molecule has 6 heteroatoms. The maximum absolute atomic E-state index is 12.3. The van der Waals surface area contributed by atoms with E-state index in [0.717, 1.165) is 9.13 Å². The van der Waals surface area contributed by atoms with E-state index >= 15 is 0 Å². The third kappa shape index (κ3) is 3.81. The molecule has 0 bridgehead atoms. The molecule has 3 rings (SSSR count). The Kier molecular flexibility index (Phi) is 4.94. The first kappa shape index (κ1) is 16.6. The number of imide groups is 1. The number of hydrogen-bond donors (Lipinski definition) is 2. The first-order valence-corrected chi connectivity index (χ1v) is 8.59. The minimum atomic E-state index is -0.302. The van der Waals surface area contributed by atoms with E-state index in [0.29, 0.717) is 17.7 Å². The summed E-state index contributed by atoms with van der Waals surface area (Å²) in [4.78, 5) is 35.1. The van der Waals surface area contributed by atoms with Gasteiger partial charge in [-0.2, -0.15) is 0 Å². The predicted octanol–water partition coefficient (Wildman–Crippen LogP) is 2.75. The highest BCUT2D eigenvalue weighted by Crippen LogP contribution is 2.20. The number of anilines is 1. The predicted molar refractivity (Wildman–Crippen MR) is 98.5 cm³/mol. The molecule has 1 unspecified atom stereocenters. The zero-order chi connectivity index (χ0) is 17.1. The minimum absolute atomic E-state index is 0.159. The lowest BCUT2D eigenvalue weighted by atomic mass is 9.98. The van der Waals surface area contributed by atoms with Gasteiger partial charge in [-0.3, -0.25) is 19.7 Å². The molecular weight excluding hydrogens is 419 g/mol. The van der Waals surface area contributed by atoms with Crippen LogP contribution in [0.15, 0.2) is 48.5 Å². The minimum Gasteiger partial charge on any atom is -0.322 e. The molecule has 122 valence electrons. The number of carbonyl (C=O) groups excluding carboxylic acids is 3. The van der Waals surface area contributed by atoms with E-state index in [-0.39, 0.29) is 30.1 Å². The van der Waals surface area contributed by atoms with Gasteiger partial charge < -0.3 is 5.32 Å². The van der Waals surface area contributed by atoms with E-state index in [1.165, 1.54) is 0 Å². The zero-order valence-corrected chi connectivity index (χ0v) is 14.9. The van der Waals surface area contributed by atoms with Gasteiger partial charge in [0.25, 0.3) is 5.91 Å². The Morgan fingerprint density at radius 1 is 1.12 bits per heavy atom. The fourth-order valence-corrected chi connectivity index (χ4v) is 3.26. The average Bonchev–Trinajstić information content (AvgIpc) is 2.87. The Balaban J connectivity index is 1.64. The standard InChI is InChI=1S/C18H15IN2O3/c19-15-4-2-1-3-14(15)18(24)20-13-7-5-11(6-8-13)9-12-10-16(22)21-17(12)23/h1-8,12H,9-10H2,(H,20,24)(H,21,22,23). The molecule has 2 N–H and O–H groups in total. The van der Waals surface area contributed by atoms with Gasteiger partial charge in [-0.05, 0) is 58.8 Å². The number of hydrogen-bond acceptors (Lipinski definition) is 3. The maximum atomic E-state index is 12.3. The van der Waals surface area contributed by atoms with Crippen molar-refractivity contribution in [3.05, 3.63) is 63.2 Å². The molecule has 2 aromatic rings. The third-order valence-corrected chi connectivity index (χ3v) is 4.82. The highest BCUT2D eigenvalue weighted by atomic mass is 127. The van der Waals surface area contributed by atoms with Crippen molar-refractivity contribution in [2.24, 2.45) is 5.92 Å². The van der Waals surface area contributed by atoms with Crippen molar-refractivity contribution >= 4 is 46.0 Å². The molecule has 1 heterocycles. The molecule has 0 radical (unpaired) electrons. The van der Waals surface area contributed by atoms with E-state index in [9.17, 15) is 14.4 Å². The van der Waals surface area contributed by atoms with Gasteiger partial charge in [0.05, 0.1) is 11.5 Å². The third-order valence-electron chi connectivity index (χ3n) is 3.88. The van der Waals surface area contributed by atoms with Crippen LogP contribution in [-0.4, -0.2) is 17.7 Å². The highest BCUT2D eigenvalue weighted by molar-refractivity contribution is 14.1. The van der Waals surface area contributed by atoms with Crippen molar-refractivity contribution < 1.29 is 14.4 Å². The topological polar surface area (TPSA) is 75.3 Å². The SMILES string of the molecule is O=C1CC(Cc2ccc(NC(=O)c3ccccc3I)cc2)C(=O)N1. The maximum Gasteiger partial charge on any atom is 0.256 e. The molecule has 1 aliphatic rings. The van der Waals surface area contributed by atoms with Gasteiger partial charge in [-0.1, -0.05) is 24.3 Å². The number of amides is 3. The van der Waals surface area contributed by atoms with Crippen LogP contribution in [0, 0.1) is 9.49 Å². The summed E-state index contributed by atoms with van der Waals surface area (Å²) >= 11 is 2.13. The molecule has 1 fully saturated rings. The van der Waals surface area contributed by atoms with Crippen molar-refractivity contribution in [3.8, 4) is 0 Å². The summed E-state index contributed by atoms with van der Waals surface area (Å²) in [6.45, 7) is 0. The lowest BCUT2D eigenvalue weighted by Crippen LogP contribution is -2.22. The van der Waals surface area contributed by atoms with Crippen LogP contribution in [0.1, 0.15) is 22.3 Å². The first-order chi connectivity index (χ1) is 11.5. The molecule has 0 aliphatic carbocycles. The lowest BCUT2D eigenvalue weighted by molar-refractivity contribution is -0.125. The van der Waals surface area contributed by atoms with Crippen LogP contribution in [0.25, 0.3) is 0 Å². The molecule has 0 aromatic heterocycles. The molecule has 1 atom stereocenters. The molecule has 0 spiro atoms. The summed E-state index contributed by atoms with van der Waals surface area (Å²) < 4.78 is 0.890. The number of rotatable bonds is 4. The molecular formula is C18H15IN2O3. The molecule has 24 heavy (non-hydrogen) atoms. The summed E-state index contributed by atoms with van der Waals surface area (Å²) in [6, 6.07) is 14.7. The largest absolute Gasteiger partial charge is 0.322 e. The summed E-state index contributed by atoms with van der Waals surface area (Å²) in [5.74, 6) is -0.889. The number of benzene rings is 2. The van der Waals surface area contributed by atoms with Gasteiger partial charge in [-0.25, -0.2) is 0 Å². The highest BCUT2D eigenvalue weighted by Gasteiger charge is 2.30. The van der Waals surface area contributed by atoms with Gasteiger partial charge >= 0.3 is 0 Å². The second-order valence-electron chi connectivity index (χ2n) is 5.65. The molecule has 5 nitrogen and oxygen atoms in total. The monoisotopic (exact) mass is 434 g/mol. The Morgan fingerprint density at radius 2 is 1.83 bits per heavy atom. The number of nitrogens with one attached hydrogen (secondary N) is 2. The van der Waals surface area contributed by atoms with Crippen molar-refractivity contribution in [1.29, 1.82) is 0 Å². The summed E-state index contributed by atoms with van der Waals surface area (Å²) in [6.07, 6.45) is 0.756. The van der Waals surface area contributed by atoms with Gasteiger partial charge in [-0.15, -0.1) is 0 Å². The zero-order valence-electron chi connectivity index (χ0n) is 12.7. The van der Waals surface area contributed by atoms with Gasteiger partial charge in [0, 0.05) is 15.7 Å². The van der Waals surface area contributed by atoms with Crippen molar-refractivity contribution in [1.82, 2.24) is 5.32 Å². The second kappa shape index (κ2) is 7.12. The summed E-state index contributed by atoms with van der Waals surface area (Å²) in [5.41, 5.74) is 2.27. The van der Waals surface area contributed by atoms with E-state index in [2.05, 4.69) is 33.2 Å². The Hall–Kier alpha value is -2.22. The second-order valence-corrected chi connectivity index (χ2v) is 6.81. The van der Waals surface area contributed by atoms with Gasteiger partial charge in [0.1, 0.15) is 0 Å². The molecule has 3 amide bonds. The van der Waals surface area contributed by atoms with Crippen LogP contribution < -0.4 is 10.6 Å². The summed E-state index contributed by atoms with van der Waals surface area (Å²) in [5, 5.41) is 5.17. The number of carbonyl (C=O) groups is 3. The summed E-state index contributed by atoms with van der Waals surface area (Å²) in [7, 11) is 0. The average molecular weight is 434 g/mol. The van der Waals surface area contributed by atoms with Crippen LogP contribution >= 0.6 is 22.6 Å². The Morgan fingerprint density at radius 3 is 2.46 bits per heavy atom. The van der Waals surface area contributed by atoms with Crippen molar-refractivity contribution in [2.75, 3.05) is 5.32 Å². The number of halogens is 1. The van der Waals surface area contributed by atoms with Gasteiger partial charge in [0.15, 0.2) is 0 Å². The fourth-order valence-electron chi connectivity index (χ4n) is 2.62. The van der Waals surface area contributed by atoms with E-state index < -0.39 is 0 Å².